The molecular formula is C30H37F3N4O2S. The Morgan fingerprint density at radius 3 is 2.50 bits per heavy atom. The summed E-state index contributed by atoms with van der Waals surface area (Å²) in [4.78, 5) is 29.7. The van der Waals surface area contributed by atoms with Gasteiger partial charge < -0.3 is 20.2 Å². The van der Waals surface area contributed by atoms with Crippen molar-refractivity contribution < 1.29 is 18.0 Å². The first kappa shape index (κ1) is 28.8. The summed E-state index contributed by atoms with van der Waals surface area (Å²) >= 11 is 1.45. The lowest BCUT2D eigenvalue weighted by molar-refractivity contribution is -0.0957. The molecule has 40 heavy (non-hydrogen) atoms. The topological polar surface area (TPSA) is 78.9 Å². The summed E-state index contributed by atoms with van der Waals surface area (Å²) in [6, 6.07) is 6.65. The van der Waals surface area contributed by atoms with Crippen LogP contribution in [-0.2, 0) is 6.54 Å². The molecule has 6 nitrogen and oxygen atoms in total. The Balaban J connectivity index is 1.35. The number of benzene rings is 1. The zero-order valence-electron chi connectivity index (χ0n) is 23.4. The van der Waals surface area contributed by atoms with Crippen LogP contribution in [-0.4, -0.2) is 39.7 Å². The molecule has 2 aromatic heterocycles. The maximum atomic E-state index is 14.4. The molecule has 2 fully saturated rings. The molecule has 0 bridgehead atoms. The van der Waals surface area contributed by atoms with E-state index in [-0.39, 0.29) is 49.0 Å². The van der Waals surface area contributed by atoms with Gasteiger partial charge in [0, 0.05) is 70.3 Å². The Morgan fingerprint density at radius 1 is 1.15 bits per heavy atom. The van der Waals surface area contributed by atoms with Crippen LogP contribution in [0.5, 0.6) is 0 Å². The molecule has 2 saturated carbocycles. The van der Waals surface area contributed by atoms with Gasteiger partial charge in [0.15, 0.2) is 0 Å². The first-order valence-electron chi connectivity index (χ1n) is 14.0. The van der Waals surface area contributed by atoms with E-state index in [2.05, 4.69) is 27.1 Å². The molecule has 2 heterocycles. The lowest BCUT2D eigenvalue weighted by atomic mass is 9.80. The SMILES string of the molecule is CSc1cc(C)[nH]c(=O)c1CNC(=O)c1c(C)n([C@H](C)[C@H]2CC[C@H](NC3CC(F)(F)C3)CC2)c2ccc(F)cc12. The Morgan fingerprint density at radius 2 is 1.85 bits per heavy atom. The van der Waals surface area contributed by atoms with Crippen molar-refractivity contribution in [1.29, 1.82) is 0 Å². The highest BCUT2D eigenvalue weighted by Gasteiger charge is 2.46. The molecule has 1 amide bonds. The van der Waals surface area contributed by atoms with Crippen molar-refractivity contribution in [3.05, 3.63) is 63.0 Å². The predicted molar refractivity (Wildman–Crippen MR) is 153 cm³/mol. The first-order chi connectivity index (χ1) is 19.0. The van der Waals surface area contributed by atoms with Gasteiger partial charge >= 0.3 is 0 Å². The number of amides is 1. The van der Waals surface area contributed by atoms with Crippen molar-refractivity contribution in [3.8, 4) is 0 Å². The van der Waals surface area contributed by atoms with Crippen molar-refractivity contribution >= 4 is 28.6 Å². The van der Waals surface area contributed by atoms with Crippen LogP contribution in [0, 0.1) is 25.6 Å². The lowest BCUT2D eigenvalue weighted by Crippen LogP contribution is -2.52. The molecule has 0 aliphatic heterocycles. The maximum absolute atomic E-state index is 14.4. The van der Waals surface area contributed by atoms with Crippen LogP contribution in [0.3, 0.4) is 0 Å². The van der Waals surface area contributed by atoms with E-state index >= 15 is 0 Å². The van der Waals surface area contributed by atoms with Crippen molar-refractivity contribution in [3.63, 3.8) is 0 Å². The summed E-state index contributed by atoms with van der Waals surface area (Å²) in [5.74, 6) is -2.95. The maximum Gasteiger partial charge on any atom is 0.254 e. The average Bonchev–Trinajstić information content (AvgIpc) is 3.17. The lowest BCUT2D eigenvalue weighted by Gasteiger charge is -2.41. The Bertz CT molecular complexity index is 1470. The van der Waals surface area contributed by atoms with Crippen LogP contribution in [0.25, 0.3) is 10.9 Å². The number of nitrogens with one attached hydrogen (secondary N) is 3. The fourth-order valence-corrected chi connectivity index (χ4v) is 7.32. The summed E-state index contributed by atoms with van der Waals surface area (Å²) < 4.78 is 43.0. The van der Waals surface area contributed by atoms with Gasteiger partial charge in [-0.25, -0.2) is 13.2 Å². The summed E-state index contributed by atoms with van der Waals surface area (Å²) in [7, 11) is 0. The fraction of sp³-hybridized carbons (Fsp3) is 0.533. The third-order valence-electron chi connectivity index (χ3n) is 8.74. The van der Waals surface area contributed by atoms with E-state index < -0.39 is 11.7 Å². The third-order valence-corrected chi connectivity index (χ3v) is 9.54. The smallest absolute Gasteiger partial charge is 0.254 e. The monoisotopic (exact) mass is 574 g/mol. The second-order valence-electron chi connectivity index (χ2n) is 11.5. The normalized spacial score (nSPS) is 21.8. The number of pyridine rings is 1. The Labute approximate surface area is 236 Å². The average molecular weight is 575 g/mol. The molecule has 3 N–H and O–H groups in total. The Kier molecular flexibility index (Phi) is 8.12. The largest absolute Gasteiger partial charge is 0.348 e. The number of thioether (sulfide) groups is 1. The van der Waals surface area contributed by atoms with Gasteiger partial charge in [0.25, 0.3) is 17.4 Å². The highest BCUT2D eigenvalue weighted by molar-refractivity contribution is 7.98. The molecule has 5 rings (SSSR count). The minimum atomic E-state index is -2.52. The zero-order valence-corrected chi connectivity index (χ0v) is 24.2. The molecule has 10 heteroatoms. The summed E-state index contributed by atoms with van der Waals surface area (Å²) in [5, 5.41) is 6.86. The van der Waals surface area contributed by atoms with E-state index in [0.29, 0.717) is 22.4 Å². The molecular weight excluding hydrogens is 537 g/mol. The van der Waals surface area contributed by atoms with Gasteiger partial charge in [0.1, 0.15) is 5.82 Å². The number of carbonyl (C=O) groups is 1. The number of fused-ring (bicyclic) bond motifs is 1. The first-order valence-corrected chi connectivity index (χ1v) is 15.2. The van der Waals surface area contributed by atoms with Crippen LogP contribution < -0.4 is 16.2 Å². The quantitative estimate of drug-likeness (QED) is 0.278. The number of halogens is 3. The molecule has 0 spiro atoms. The second-order valence-corrected chi connectivity index (χ2v) is 12.3. The summed E-state index contributed by atoms with van der Waals surface area (Å²) in [6.45, 7) is 5.90. The number of alkyl halides is 2. The Hall–Kier alpha value is -2.72. The molecule has 0 saturated heterocycles. The number of aromatic nitrogens is 2. The van der Waals surface area contributed by atoms with E-state index in [9.17, 15) is 22.8 Å². The molecule has 1 aromatic carbocycles. The number of carbonyl (C=O) groups excluding carboxylic acids is 1. The highest BCUT2D eigenvalue weighted by Crippen LogP contribution is 2.41. The molecule has 0 radical (unpaired) electrons. The number of rotatable bonds is 8. The highest BCUT2D eigenvalue weighted by atomic mass is 32.2. The number of H-pyrrole nitrogens is 1. The van der Waals surface area contributed by atoms with Crippen molar-refractivity contribution in [2.24, 2.45) is 5.92 Å². The van der Waals surface area contributed by atoms with Crippen molar-refractivity contribution in [2.75, 3.05) is 6.26 Å². The van der Waals surface area contributed by atoms with Gasteiger partial charge in [-0.2, -0.15) is 0 Å². The number of hydrogen-bond acceptors (Lipinski definition) is 4. The van der Waals surface area contributed by atoms with Gasteiger partial charge in [-0.05, 0) is 82.9 Å². The summed E-state index contributed by atoms with van der Waals surface area (Å²) in [5.41, 5.74) is 2.97. The van der Waals surface area contributed by atoms with Crippen molar-refractivity contribution in [2.45, 2.75) is 94.8 Å². The molecule has 2 aliphatic rings. The summed E-state index contributed by atoms with van der Waals surface area (Å²) in [6.07, 6.45) is 5.46. The predicted octanol–water partition coefficient (Wildman–Crippen LogP) is 6.24. The third kappa shape index (κ3) is 5.70. The van der Waals surface area contributed by atoms with Crippen LogP contribution >= 0.6 is 11.8 Å². The van der Waals surface area contributed by atoms with E-state index in [0.717, 1.165) is 47.5 Å². The molecule has 3 aromatic rings. The molecule has 2 aliphatic carbocycles. The van der Waals surface area contributed by atoms with Crippen LogP contribution in [0.15, 0.2) is 34.0 Å². The van der Waals surface area contributed by atoms with Gasteiger partial charge in [-0.1, -0.05) is 0 Å². The standard InChI is InChI=1S/C30H37F3N4O2S/c1-16-11-26(40-4)24(28(38)35-16)15-34-29(39)27-18(3)37(25-10-7-20(31)12-23(25)27)17(2)19-5-8-21(9-6-19)36-22-13-30(32,33)14-22/h7,10-12,17,19,21-22,36H,5-6,8-9,13-15H2,1-4H3,(H,34,39)(H,35,38)/t17-,19-,21-/m1/s1. The number of nitrogens with zero attached hydrogens (tertiary/aromatic N) is 1. The van der Waals surface area contributed by atoms with Crippen LogP contribution in [0.4, 0.5) is 13.2 Å². The van der Waals surface area contributed by atoms with Crippen LogP contribution in [0.2, 0.25) is 0 Å². The number of hydrogen-bond donors (Lipinski definition) is 3. The minimum Gasteiger partial charge on any atom is -0.348 e. The van der Waals surface area contributed by atoms with E-state index in [1.165, 1.54) is 23.9 Å². The van der Waals surface area contributed by atoms with E-state index in [1.807, 2.05) is 26.2 Å². The number of aryl methyl sites for hydroxylation is 1. The molecule has 216 valence electrons. The van der Waals surface area contributed by atoms with Crippen LogP contribution in [0.1, 0.15) is 78.8 Å². The number of aromatic amines is 1. The van der Waals surface area contributed by atoms with E-state index in [4.69, 9.17) is 0 Å². The van der Waals surface area contributed by atoms with E-state index in [1.54, 1.807) is 6.07 Å². The zero-order chi connectivity index (χ0) is 28.8. The van der Waals surface area contributed by atoms with Gasteiger partial charge in [-0.15, -0.1) is 11.8 Å². The van der Waals surface area contributed by atoms with Gasteiger partial charge in [-0.3, -0.25) is 9.59 Å². The molecule has 1 atom stereocenters. The molecule has 0 unspecified atom stereocenters. The van der Waals surface area contributed by atoms with Gasteiger partial charge in [0.2, 0.25) is 0 Å². The van der Waals surface area contributed by atoms with Crippen molar-refractivity contribution in [1.82, 2.24) is 20.2 Å². The van der Waals surface area contributed by atoms with Gasteiger partial charge in [0.05, 0.1) is 5.56 Å². The fourth-order valence-electron chi connectivity index (χ4n) is 6.61. The second kappa shape index (κ2) is 11.3. The minimum absolute atomic E-state index is 0.0611.